The van der Waals surface area contributed by atoms with Crippen molar-refractivity contribution in [3.05, 3.63) is 35.9 Å². The number of hydrogen-bond donors (Lipinski definition) is 1. The van der Waals surface area contributed by atoms with Gasteiger partial charge in [-0.2, -0.15) is 0 Å². The summed E-state index contributed by atoms with van der Waals surface area (Å²) in [5.74, 6) is -0.178. The molecule has 0 unspecified atom stereocenters. The van der Waals surface area contributed by atoms with Crippen molar-refractivity contribution in [1.82, 2.24) is 10.2 Å². The van der Waals surface area contributed by atoms with Gasteiger partial charge in [-0.15, -0.1) is 0 Å². The molecular weight excluding hydrogens is 271 g/mol. The molecule has 2 amide bonds. The summed E-state index contributed by atoms with van der Waals surface area (Å²) in [6, 6.07) is 8.13. The first kappa shape index (κ1) is 14.0. The number of hydrogen-bond acceptors (Lipinski definition) is 2. The van der Waals surface area contributed by atoms with E-state index in [0.717, 1.165) is 19.3 Å². The Morgan fingerprint density at radius 2 is 1.86 bits per heavy atom. The van der Waals surface area contributed by atoms with Gasteiger partial charge in [-0.1, -0.05) is 24.6 Å². The van der Waals surface area contributed by atoms with Crippen LogP contribution in [0.15, 0.2) is 30.3 Å². The fourth-order valence-electron chi connectivity index (χ4n) is 2.83. The van der Waals surface area contributed by atoms with Gasteiger partial charge in [0.05, 0.1) is 12.6 Å². The van der Waals surface area contributed by atoms with Crippen LogP contribution in [0.4, 0.5) is 4.39 Å². The molecule has 1 N–H and O–H groups in total. The molecule has 1 aromatic rings. The predicted octanol–water partition coefficient (Wildman–Crippen LogP) is 1.77. The summed E-state index contributed by atoms with van der Waals surface area (Å²) in [5.41, 5.74) is 0.508. The molecule has 0 aromatic heterocycles. The summed E-state index contributed by atoms with van der Waals surface area (Å²) in [5, 5.41) is 2.70. The van der Waals surface area contributed by atoms with E-state index >= 15 is 0 Å². The van der Waals surface area contributed by atoms with Crippen molar-refractivity contribution in [2.45, 2.75) is 31.5 Å². The number of benzene rings is 1. The van der Waals surface area contributed by atoms with E-state index < -0.39 is 12.2 Å². The molecule has 1 aliphatic carbocycles. The number of alkyl halides is 1. The summed E-state index contributed by atoms with van der Waals surface area (Å²) in [7, 11) is 0. The molecule has 2 atom stereocenters. The molecule has 2 aliphatic rings. The molecule has 1 aromatic carbocycles. The van der Waals surface area contributed by atoms with Crippen molar-refractivity contribution >= 4 is 11.8 Å². The van der Waals surface area contributed by atoms with Crippen LogP contribution in [-0.4, -0.2) is 42.0 Å². The minimum absolute atomic E-state index is 0.0420. The predicted molar refractivity (Wildman–Crippen MR) is 76.5 cm³/mol. The standard InChI is InChI=1S/C16H19FN2O2/c17-13-9-19(16(21)12-7-4-8-12)10-14(13)18-15(20)11-5-2-1-3-6-11/h1-3,5-6,12-14H,4,7-10H2,(H,18,20)/t13-,14+/m0/s1. The fourth-order valence-corrected chi connectivity index (χ4v) is 2.83. The zero-order valence-electron chi connectivity index (χ0n) is 11.8. The first-order chi connectivity index (χ1) is 10.1. The Balaban J connectivity index is 1.59. The fraction of sp³-hybridized carbons (Fsp3) is 0.500. The lowest BCUT2D eigenvalue weighted by Gasteiger charge is -2.28. The minimum atomic E-state index is -1.19. The van der Waals surface area contributed by atoms with Crippen LogP contribution in [0.5, 0.6) is 0 Å². The number of carbonyl (C=O) groups is 2. The molecule has 5 heteroatoms. The third-order valence-corrected chi connectivity index (χ3v) is 4.37. The third-order valence-electron chi connectivity index (χ3n) is 4.37. The van der Waals surface area contributed by atoms with E-state index in [1.54, 1.807) is 29.2 Å². The van der Waals surface area contributed by atoms with E-state index in [4.69, 9.17) is 0 Å². The molecular formula is C16H19FN2O2. The summed E-state index contributed by atoms with van der Waals surface area (Å²) < 4.78 is 14.1. The van der Waals surface area contributed by atoms with Crippen molar-refractivity contribution in [3.63, 3.8) is 0 Å². The van der Waals surface area contributed by atoms with Gasteiger partial charge in [-0.05, 0) is 25.0 Å². The SMILES string of the molecule is O=C(N[C@@H]1CN(C(=O)C2CCC2)C[C@@H]1F)c1ccccc1. The zero-order valence-corrected chi connectivity index (χ0v) is 11.8. The zero-order chi connectivity index (χ0) is 14.8. The Morgan fingerprint density at radius 1 is 1.14 bits per heavy atom. The van der Waals surface area contributed by atoms with E-state index in [1.807, 2.05) is 6.07 Å². The maximum atomic E-state index is 14.1. The molecule has 0 spiro atoms. The molecule has 1 saturated carbocycles. The minimum Gasteiger partial charge on any atom is -0.345 e. The van der Waals surface area contributed by atoms with Crippen LogP contribution < -0.4 is 5.32 Å². The van der Waals surface area contributed by atoms with Gasteiger partial charge in [-0.3, -0.25) is 9.59 Å². The lowest BCUT2D eigenvalue weighted by Crippen LogP contribution is -2.42. The van der Waals surface area contributed by atoms with E-state index in [9.17, 15) is 14.0 Å². The molecule has 112 valence electrons. The number of nitrogens with one attached hydrogen (secondary N) is 1. The highest BCUT2D eigenvalue weighted by molar-refractivity contribution is 5.94. The summed E-state index contributed by atoms with van der Waals surface area (Å²) in [6.45, 7) is 0.365. The normalized spacial score (nSPS) is 25.5. The van der Waals surface area contributed by atoms with Crippen LogP contribution in [0, 0.1) is 5.92 Å². The van der Waals surface area contributed by atoms with Gasteiger partial charge >= 0.3 is 0 Å². The quantitative estimate of drug-likeness (QED) is 0.922. The molecule has 1 saturated heterocycles. The third kappa shape index (κ3) is 2.91. The molecule has 1 heterocycles. The van der Waals surface area contributed by atoms with E-state index in [1.165, 1.54) is 0 Å². The smallest absolute Gasteiger partial charge is 0.251 e. The van der Waals surface area contributed by atoms with Gasteiger partial charge in [-0.25, -0.2) is 4.39 Å². The Bertz CT molecular complexity index is 530. The second-order valence-electron chi connectivity index (χ2n) is 5.83. The topological polar surface area (TPSA) is 49.4 Å². The van der Waals surface area contributed by atoms with Crippen molar-refractivity contribution in [3.8, 4) is 0 Å². The Kier molecular flexibility index (Phi) is 3.90. The number of likely N-dealkylation sites (tertiary alicyclic amines) is 1. The van der Waals surface area contributed by atoms with Crippen molar-refractivity contribution in [2.75, 3.05) is 13.1 Å². The number of carbonyl (C=O) groups excluding carboxylic acids is 2. The lowest BCUT2D eigenvalue weighted by molar-refractivity contribution is -0.137. The number of amides is 2. The van der Waals surface area contributed by atoms with Crippen LogP contribution in [0.3, 0.4) is 0 Å². The second-order valence-corrected chi connectivity index (χ2v) is 5.83. The van der Waals surface area contributed by atoms with Gasteiger partial charge in [0, 0.05) is 18.0 Å². The van der Waals surface area contributed by atoms with Gasteiger partial charge < -0.3 is 10.2 Å². The average molecular weight is 290 g/mol. The van der Waals surface area contributed by atoms with Crippen LogP contribution >= 0.6 is 0 Å². The van der Waals surface area contributed by atoms with E-state index in [2.05, 4.69) is 5.32 Å². The molecule has 0 bridgehead atoms. The van der Waals surface area contributed by atoms with Gasteiger partial charge in [0.2, 0.25) is 5.91 Å². The van der Waals surface area contributed by atoms with Gasteiger partial charge in [0.15, 0.2) is 0 Å². The maximum absolute atomic E-state index is 14.1. The molecule has 2 fully saturated rings. The summed E-state index contributed by atoms with van der Waals surface area (Å²) >= 11 is 0. The molecule has 1 aliphatic heterocycles. The van der Waals surface area contributed by atoms with Crippen LogP contribution in [-0.2, 0) is 4.79 Å². The lowest BCUT2D eigenvalue weighted by atomic mass is 9.84. The number of rotatable bonds is 3. The average Bonchev–Trinajstić information content (AvgIpc) is 2.79. The first-order valence-electron chi connectivity index (χ1n) is 7.44. The molecule has 0 radical (unpaired) electrons. The second kappa shape index (κ2) is 5.84. The van der Waals surface area contributed by atoms with Gasteiger partial charge in [0.1, 0.15) is 6.17 Å². The van der Waals surface area contributed by atoms with E-state index in [0.29, 0.717) is 5.56 Å². The van der Waals surface area contributed by atoms with Crippen molar-refractivity contribution in [1.29, 1.82) is 0 Å². The Morgan fingerprint density at radius 3 is 2.48 bits per heavy atom. The number of nitrogens with zero attached hydrogens (tertiary/aromatic N) is 1. The van der Waals surface area contributed by atoms with Crippen LogP contribution in [0.2, 0.25) is 0 Å². The summed E-state index contributed by atoms with van der Waals surface area (Å²) in [6.07, 6.45) is 1.71. The highest BCUT2D eigenvalue weighted by atomic mass is 19.1. The Labute approximate surface area is 123 Å². The van der Waals surface area contributed by atoms with E-state index in [-0.39, 0.29) is 30.8 Å². The van der Waals surface area contributed by atoms with Crippen molar-refractivity contribution < 1.29 is 14.0 Å². The Hall–Kier alpha value is -1.91. The highest BCUT2D eigenvalue weighted by Gasteiger charge is 2.39. The molecule has 21 heavy (non-hydrogen) atoms. The molecule has 3 rings (SSSR count). The number of halogens is 1. The van der Waals surface area contributed by atoms with Gasteiger partial charge in [0.25, 0.3) is 5.91 Å². The summed E-state index contributed by atoms with van der Waals surface area (Å²) in [4.78, 5) is 25.7. The van der Waals surface area contributed by atoms with Crippen LogP contribution in [0.1, 0.15) is 29.6 Å². The first-order valence-corrected chi connectivity index (χ1v) is 7.44. The monoisotopic (exact) mass is 290 g/mol. The largest absolute Gasteiger partial charge is 0.345 e. The van der Waals surface area contributed by atoms with Crippen LogP contribution in [0.25, 0.3) is 0 Å². The highest BCUT2D eigenvalue weighted by Crippen LogP contribution is 2.29. The molecule has 4 nitrogen and oxygen atoms in total. The van der Waals surface area contributed by atoms with Crippen molar-refractivity contribution in [2.24, 2.45) is 5.92 Å². The maximum Gasteiger partial charge on any atom is 0.251 e.